The average molecular weight is 650 g/mol. The van der Waals surface area contributed by atoms with Crippen molar-refractivity contribution in [2.75, 3.05) is 9.80 Å². The first-order valence-corrected chi connectivity index (χ1v) is 18.3. The summed E-state index contributed by atoms with van der Waals surface area (Å²) >= 11 is 0. The topological polar surface area (TPSA) is 6.48 Å². The Bertz CT molecular complexity index is 2610. The second kappa shape index (κ2) is 10.2. The van der Waals surface area contributed by atoms with Crippen molar-refractivity contribution in [2.24, 2.45) is 0 Å². The highest BCUT2D eigenvalue weighted by atomic mass is 15.2. The van der Waals surface area contributed by atoms with Gasteiger partial charge in [-0.25, -0.2) is 0 Å². The zero-order valence-corrected chi connectivity index (χ0v) is 29.4. The molecule has 0 fully saturated rings. The molecule has 0 bridgehead atoms. The zero-order valence-electron chi connectivity index (χ0n) is 29.4. The summed E-state index contributed by atoms with van der Waals surface area (Å²) in [6, 6.07) is 55.2. The van der Waals surface area contributed by atoms with E-state index in [0.29, 0.717) is 0 Å². The molecular formula is C47H36B2N2. The van der Waals surface area contributed by atoms with E-state index >= 15 is 0 Å². The van der Waals surface area contributed by atoms with Crippen LogP contribution in [0.4, 0.5) is 34.1 Å². The van der Waals surface area contributed by atoms with Gasteiger partial charge in [-0.3, -0.25) is 0 Å². The van der Waals surface area contributed by atoms with Crippen LogP contribution in [0, 0.1) is 13.8 Å². The van der Waals surface area contributed by atoms with E-state index in [-0.39, 0.29) is 18.8 Å². The van der Waals surface area contributed by atoms with Gasteiger partial charge in [-0.1, -0.05) is 146 Å². The number of anilines is 6. The van der Waals surface area contributed by atoms with Crippen molar-refractivity contribution in [3.63, 3.8) is 0 Å². The number of rotatable bonds is 2. The number of nitrogens with zero attached hydrogens (tertiary/aromatic N) is 2. The molecule has 7 aromatic carbocycles. The van der Waals surface area contributed by atoms with E-state index in [1.54, 1.807) is 0 Å². The van der Waals surface area contributed by atoms with Gasteiger partial charge in [0.2, 0.25) is 6.71 Å². The van der Waals surface area contributed by atoms with Gasteiger partial charge in [-0.05, 0) is 88.2 Å². The highest BCUT2D eigenvalue weighted by Crippen LogP contribution is 2.49. The van der Waals surface area contributed by atoms with E-state index in [0.717, 1.165) is 0 Å². The Morgan fingerprint density at radius 1 is 0.431 bits per heavy atom. The van der Waals surface area contributed by atoms with Gasteiger partial charge >= 0.3 is 0 Å². The molecule has 0 saturated heterocycles. The summed E-state index contributed by atoms with van der Waals surface area (Å²) in [5.41, 5.74) is 23.9. The van der Waals surface area contributed by atoms with Crippen molar-refractivity contribution in [1.29, 1.82) is 0 Å². The maximum Gasteiger partial charge on any atom is 0.252 e. The normalized spacial score (nSPS) is 15.1. The minimum atomic E-state index is -0.203. The van der Waals surface area contributed by atoms with E-state index in [1.807, 2.05) is 0 Å². The molecule has 0 atom stereocenters. The van der Waals surface area contributed by atoms with Crippen molar-refractivity contribution in [3.8, 4) is 11.1 Å². The van der Waals surface area contributed by atoms with E-state index in [1.165, 1.54) is 100 Å². The second-order valence-electron chi connectivity index (χ2n) is 15.4. The van der Waals surface area contributed by atoms with Gasteiger partial charge in [-0.2, -0.15) is 0 Å². The summed E-state index contributed by atoms with van der Waals surface area (Å²) in [7, 11) is 0. The highest BCUT2D eigenvalue weighted by Gasteiger charge is 2.52. The molecule has 0 unspecified atom stereocenters. The van der Waals surface area contributed by atoms with Gasteiger partial charge in [0, 0.05) is 39.4 Å². The van der Waals surface area contributed by atoms with Crippen LogP contribution in [0.15, 0.2) is 146 Å². The van der Waals surface area contributed by atoms with Crippen molar-refractivity contribution in [1.82, 2.24) is 0 Å². The summed E-state index contributed by atoms with van der Waals surface area (Å²) < 4.78 is 0. The number of hydrogen-bond acceptors (Lipinski definition) is 2. The quantitative estimate of drug-likeness (QED) is 0.179. The summed E-state index contributed by atoms with van der Waals surface area (Å²) in [6.07, 6.45) is 0. The summed E-state index contributed by atoms with van der Waals surface area (Å²) in [5, 5.41) is 0. The van der Waals surface area contributed by atoms with E-state index in [2.05, 4.69) is 183 Å². The molecule has 2 nitrogen and oxygen atoms in total. The standard InChI is InChI=1S/C47H36B2N2/c1-29-22-24-41-37(26-29)48-35-18-10-9-17-33(35)47(3,4)34-28-43-45-46(44(34)48)51(41)42-25-23-30(2)27-38(42)49(45)36-19-11-13-21-40(36)50(43)39-20-12-8-16-32(39)31-14-6-5-7-15-31/h5-28H,1-4H3. The molecule has 0 amide bonds. The molecule has 11 rings (SSSR count). The third kappa shape index (κ3) is 3.75. The Morgan fingerprint density at radius 3 is 1.73 bits per heavy atom. The molecule has 0 aliphatic carbocycles. The summed E-state index contributed by atoms with van der Waals surface area (Å²) in [4.78, 5) is 5.24. The first kappa shape index (κ1) is 29.0. The first-order valence-electron chi connectivity index (χ1n) is 18.3. The van der Waals surface area contributed by atoms with E-state index < -0.39 is 0 Å². The largest absolute Gasteiger partial charge is 0.312 e. The molecule has 0 radical (unpaired) electrons. The lowest BCUT2D eigenvalue weighted by atomic mass is 9.27. The van der Waals surface area contributed by atoms with Crippen LogP contribution < -0.4 is 42.6 Å². The monoisotopic (exact) mass is 650 g/mol. The second-order valence-corrected chi connectivity index (χ2v) is 15.4. The Morgan fingerprint density at radius 2 is 1.00 bits per heavy atom. The molecule has 0 saturated carbocycles. The molecule has 7 aromatic rings. The number of hydrogen-bond donors (Lipinski definition) is 0. The molecule has 0 N–H and O–H groups in total. The predicted octanol–water partition coefficient (Wildman–Crippen LogP) is 7.52. The third-order valence-corrected chi connectivity index (χ3v) is 12.2. The number of benzene rings is 7. The fourth-order valence-electron chi connectivity index (χ4n) is 10.1. The summed E-state index contributed by atoms with van der Waals surface area (Å²) in [5.74, 6) is 0. The van der Waals surface area contributed by atoms with Gasteiger partial charge in [0.15, 0.2) is 0 Å². The van der Waals surface area contributed by atoms with Crippen molar-refractivity contribution >= 4 is 80.3 Å². The summed E-state index contributed by atoms with van der Waals surface area (Å²) in [6.45, 7) is 9.63. The van der Waals surface area contributed by atoms with Gasteiger partial charge in [-0.15, -0.1) is 0 Å². The zero-order chi connectivity index (χ0) is 34.2. The van der Waals surface area contributed by atoms with E-state index in [9.17, 15) is 0 Å². The highest BCUT2D eigenvalue weighted by molar-refractivity contribution is 7.04. The molecular weight excluding hydrogens is 614 g/mol. The molecule has 240 valence electrons. The SMILES string of the molecule is Cc1ccc2c(c1)B1c3ccccc3N(c3ccccc3-c3ccccc3)c3cc4c5c(c31)N2c1ccc(C)cc1B5c1ccccc1C4(C)C. The minimum absolute atomic E-state index is 0.107. The van der Waals surface area contributed by atoms with Crippen LogP contribution in [0.5, 0.6) is 0 Å². The maximum absolute atomic E-state index is 2.65. The lowest BCUT2D eigenvalue weighted by Gasteiger charge is -2.52. The van der Waals surface area contributed by atoms with E-state index in [4.69, 9.17) is 0 Å². The molecule has 0 aromatic heterocycles. The Kier molecular flexibility index (Phi) is 5.79. The lowest BCUT2D eigenvalue weighted by Crippen LogP contribution is -2.70. The molecule has 4 aliphatic rings. The average Bonchev–Trinajstić information content (AvgIpc) is 3.16. The van der Waals surface area contributed by atoms with Crippen LogP contribution in [0.2, 0.25) is 0 Å². The third-order valence-electron chi connectivity index (χ3n) is 12.2. The maximum atomic E-state index is 2.65. The lowest BCUT2D eigenvalue weighted by molar-refractivity contribution is 0.646. The van der Waals surface area contributed by atoms with Crippen molar-refractivity contribution < 1.29 is 0 Å². The minimum Gasteiger partial charge on any atom is -0.312 e. The van der Waals surface area contributed by atoms with Crippen LogP contribution >= 0.6 is 0 Å². The van der Waals surface area contributed by atoms with Crippen molar-refractivity contribution in [3.05, 3.63) is 168 Å². The number of fused-ring (bicyclic) bond motifs is 10. The first-order chi connectivity index (χ1) is 24.9. The van der Waals surface area contributed by atoms with Crippen LogP contribution in [0.1, 0.15) is 36.1 Å². The van der Waals surface area contributed by atoms with Crippen molar-refractivity contribution in [2.45, 2.75) is 33.1 Å². The molecule has 51 heavy (non-hydrogen) atoms. The van der Waals surface area contributed by atoms with Crippen LogP contribution in [-0.2, 0) is 5.41 Å². The Labute approximate surface area is 301 Å². The van der Waals surface area contributed by atoms with Gasteiger partial charge in [0.1, 0.15) is 0 Å². The van der Waals surface area contributed by atoms with Gasteiger partial charge in [0.05, 0.1) is 5.69 Å². The molecule has 4 aliphatic heterocycles. The molecule has 4 heterocycles. The Balaban J connectivity index is 1.33. The van der Waals surface area contributed by atoms with Crippen LogP contribution in [0.25, 0.3) is 11.1 Å². The number of para-hydroxylation sites is 2. The smallest absolute Gasteiger partial charge is 0.252 e. The fourth-order valence-corrected chi connectivity index (χ4v) is 10.1. The fraction of sp³-hybridized carbons (Fsp3) is 0.106. The molecule has 4 heteroatoms. The van der Waals surface area contributed by atoms with Crippen LogP contribution in [0.3, 0.4) is 0 Å². The predicted molar refractivity (Wildman–Crippen MR) is 219 cm³/mol. The molecule has 0 spiro atoms. The Hall–Kier alpha value is -5.73. The van der Waals surface area contributed by atoms with Gasteiger partial charge in [0.25, 0.3) is 6.71 Å². The number of aryl methyl sites for hydroxylation is 2. The van der Waals surface area contributed by atoms with Crippen LogP contribution in [-0.4, -0.2) is 13.4 Å². The van der Waals surface area contributed by atoms with Gasteiger partial charge < -0.3 is 9.80 Å².